The van der Waals surface area contributed by atoms with Gasteiger partial charge in [0.1, 0.15) is 23.8 Å². The van der Waals surface area contributed by atoms with Crippen LogP contribution in [0.2, 0.25) is 0 Å². The van der Waals surface area contributed by atoms with E-state index >= 15 is 0 Å². The number of rotatable bonds is 4. The second-order valence-electron chi connectivity index (χ2n) is 5.97. The van der Waals surface area contributed by atoms with Gasteiger partial charge >= 0.3 is 0 Å². The Hall–Kier alpha value is -3.09. The molecule has 4 rings (SSSR count). The standard InChI is InChI=1S/C18H18N4O3/c1-21-9-4-5-15(21)18(23)22-10-7-16-13(11-22)14(20-25-16)12-24-17-6-2-3-8-19-17/h2-6,8-9H,7,10-12H2,1H3. The quantitative estimate of drug-likeness (QED) is 0.729. The molecule has 0 unspecified atom stereocenters. The summed E-state index contributed by atoms with van der Waals surface area (Å²) in [5.74, 6) is 1.37. The Morgan fingerprint density at radius 1 is 1.32 bits per heavy atom. The summed E-state index contributed by atoms with van der Waals surface area (Å²) in [6.07, 6.45) is 4.20. The van der Waals surface area contributed by atoms with Gasteiger partial charge in [0.25, 0.3) is 5.91 Å². The molecule has 128 valence electrons. The molecule has 0 N–H and O–H groups in total. The SMILES string of the molecule is Cn1cccc1C(=O)N1CCc2onc(COc3ccccn3)c2C1. The van der Waals surface area contributed by atoms with E-state index in [4.69, 9.17) is 9.26 Å². The number of carbonyl (C=O) groups is 1. The highest BCUT2D eigenvalue weighted by Crippen LogP contribution is 2.24. The number of amides is 1. The minimum absolute atomic E-state index is 0.0101. The van der Waals surface area contributed by atoms with Crippen molar-refractivity contribution in [2.75, 3.05) is 6.54 Å². The predicted molar refractivity (Wildman–Crippen MR) is 88.9 cm³/mol. The molecule has 3 aromatic heterocycles. The highest BCUT2D eigenvalue weighted by Gasteiger charge is 2.28. The van der Waals surface area contributed by atoms with E-state index in [2.05, 4.69) is 10.1 Å². The molecule has 1 amide bonds. The van der Waals surface area contributed by atoms with Gasteiger partial charge in [-0.05, 0) is 18.2 Å². The largest absolute Gasteiger partial charge is 0.471 e. The van der Waals surface area contributed by atoms with Gasteiger partial charge in [-0.3, -0.25) is 4.79 Å². The number of hydrogen-bond acceptors (Lipinski definition) is 5. The first-order valence-electron chi connectivity index (χ1n) is 8.13. The second-order valence-corrected chi connectivity index (χ2v) is 5.97. The van der Waals surface area contributed by atoms with Crippen LogP contribution in [0.25, 0.3) is 0 Å². The highest BCUT2D eigenvalue weighted by atomic mass is 16.5. The fourth-order valence-electron chi connectivity index (χ4n) is 2.97. The van der Waals surface area contributed by atoms with Gasteiger partial charge in [0.2, 0.25) is 5.88 Å². The van der Waals surface area contributed by atoms with Crippen LogP contribution >= 0.6 is 0 Å². The molecule has 0 saturated carbocycles. The molecule has 0 aliphatic carbocycles. The lowest BCUT2D eigenvalue weighted by molar-refractivity contribution is 0.0718. The third-order valence-electron chi connectivity index (χ3n) is 4.35. The molecule has 25 heavy (non-hydrogen) atoms. The number of ether oxygens (including phenoxy) is 1. The molecule has 7 nitrogen and oxygen atoms in total. The van der Waals surface area contributed by atoms with E-state index in [1.807, 2.05) is 47.0 Å². The molecular formula is C18H18N4O3. The van der Waals surface area contributed by atoms with Crippen molar-refractivity contribution in [3.63, 3.8) is 0 Å². The monoisotopic (exact) mass is 338 g/mol. The summed E-state index contributed by atoms with van der Waals surface area (Å²) in [5, 5.41) is 4.12. The number of aryl methyl sites for hydroxylation is 1. The summed E-state index contributed by atoms with van der Waals surface area (Å²) in [5.41, 5.74) is 2.32. The number of nitrogens with zero attached hydrogens (tertiary/aromatic N) is 4. The van der Waals surface area contributed by atoms with Crippen molar-refractivity contribution >= 4 is 5.91 Å². The molecule has 7 heteroatoms. The fourth-order valence-corrected chi connectivity index (χ4v) is 2.97. The maximum absolute atomic E-state index is 12.7. The van der Waals surface area contributed by atoms with Crippen LogP contribution in [0.5, 0.6) is 5.88 Å². The lowest BCUT2D eigenvalue weighted by Gasteiger charge is -2.26. The van der Waals surface area contributed by atoms with Gasteiger partial charge < -0.3 is 18.7 Å². The molecule has 4 heterocycles. The Labute approximate surface area is 144 Å². The summed E-state index contributed by atoms with van der Waals surface area (Å²) < 4.78 is 12.9. The molecule has 0 spiro atoms. The van der Waals surface area contributed by atoms with Gasteiger partial charge in [-0.25, -0.2) is 4.98 Å². The van der Waals surface area contributed by atoms with Crippen LogP contribution < -0.4 is 4.74 Å². The Bertz CT molecular complexity index is 885. The first kappa shape index (κ1) is 15.4. The summed E-state index contributed by atoms with van der Waals surface area (Å²) >= 11 is 0. The van der Waals surface area contributed by atoms with Crippen LogP contribution in [-0.2, 0) is 26.6 Å². The van der Waals surface area contributed by atoms with E-state index < -0.39 is 0 Å². The maximum Gasteiger partial charge on any atom is 0.270 e. The zero-order valence-electron chi connectivity index (χ0n) is 13.9. The zero-order valence-corrected chi connectivity index (χ0v) is 13.9. The Morgan fingerprint density at radius 2 is 2.24 bits per heavy atom. The van der Waals surface area contributed by atoms with Crippen LogP contribution in [0, 0.1) is 0 Å². The van der Waals surface area contributed by atoms with Crippen LogP contribution in [0.3, 0.4) is 0 Å². The van der Waals surface area contributed by atoms with Crippen molar-refractivity contribution < 1.29 is 14.1 Å². The molecule has 0 radical (unpaired) electrons. The van der Waals surface area contributed by atoms with Crippen molar-refractivity contribution in [2.45, 2.75) is 19.6 Å². The van der Waals surface area contributed by atoms with E-state index in [0.29, 0.717) is 36.8 Å². The van der Waals surface area contributed by atoms with E-state index in [1.54, 1.807) is 12.3 Å². The van der Waals surface area contributed by atoms with Crippen molar-refractivity contribution in [3.8, 4) is 5.88 Å². The molecule has 0 bridgehead atoms. The molecule has 1 aliphatic rings. The van der Waals surface area contributed by atoms with Crippen LogP contribution in [0.1, 0.15) is 27.5 Å². The molecule has 0 atom stereocenters. The number of aromatic nitrogens is 3. The number of carbonyl (C=O) groups excluding carboxylic acids is 1. The maximum atomic E-state index is 12.7. The van der Waals surface area contributed by atoms with Gasteiger partial charge in [0, 0.05) is 44.0 Å². The normalized spacial score (nSPS) is 13.6. The Kier molecular flexibility index (Phi) is 3.97. The Balaban J connectivity index is 1.49. The molecule has 0 aromatic carbocycles. The zero-order chi connectivity index (χ0) is 17.2. The first-order chi connectivity index (χ1) is 12.2. The van der Waals surface area contributed by atoms with Gasteiger partial charge in [-0.15, -0.1) is 0 Å². The topological polar surface area (TPSA) is 73.4 Å². The van der Waals surface area contributed by atoms with E-state index in [0.717, 1.165) is 11.3 Å². The van der Waals surface area contributed by atoms with E-state index in [9.17, 15) is 4.79 Å². The third-order valence-corrected chi connectivity index (χ3v) is 4.35. The summed E-state index contributed by atoms with van der Waals surface area (Å²) in [6, 6.07) is 9.18. The van der Waals surface area contributed by atoms with Crippen molar-refractivity contribution in [1.82, 2.24) is 19.6 Å². The molecule has 0 saturated heterocycles. The number of pyridine rings is 1. The molecular weight excluding hydrogens is 320 g/mol. The fraction of sp³-hybridized carbons (Fsp3) is 0.278. The van der Waals surface area contributed by atoms with E-state index in [-0.39, 0.29) is 12.5 Å². The van der Waals surface area contributed by atoms with Gasteiger partial charge in [0.15, 0.2) is 0 Å². The minimum atomic E-state index is 0.0101. The van der Waals surface area contributed by atoms with Gasteiger partial charge in [-0.2, -0.15) is 0 Å². The molecule has 3 aromatic rings. The van der Waals surface area contributed by atoms with Crippen LogP contribution in [0.15, 0.2) is 47.2 Å². The smallest absolute Gasteiger partial charge is 0.270 e. The van der Waals surface area contributed by atoms with Crippen LogP contribution in [0.4, 0.5) is 0 Å². The Morgan fingerprint density at radius 3 is 3.00 bits per heavy atom. The third kappa shape index (κ3) is 3.00. The minimum Gasteiger partial charge on any atom is -0.471 e. The number of hydrogen-bond donors (Lipinski definition) is 0. The summed E-state index contributed by atoms with van der Waals surface area (Å²) in [6.45, 7) is 1.36. The number of fused-ring (bicyclic) bond motifs is 1. The van der Waals surface area contributed by atoms with E-state index in [1.165, 1.54) is 0 Å². The molecule has 0 fully saturated rings. The average molecular weight is 338 g/mol. The lowest BCUT2D eigenvalue weighted by atomic mass is 10.1. The lowest BCUT2D eigenvalue weighted by Crippen LogP contribution is -2.36. The van der Waals surface area contributed by atoms with Crippen molar-refractivity contribution in [1.29, 1.82) is 0 Å². The predicted octanol–water partition coefficient (Wildman–Crippen LogP) is 2.19. The average Bonchev–Trinajstić information content (AvgIpc) is 3.26. The van der Waals surface area contributed by atoms with Gasteiger partial charge in [0.05, 0.1) is 6.54 Å². The molecule has 1 aliphatic heterocycles. The summed E-state index contributed by atoms with van der Waals surface area (Å²) in [7, 11) is 1.87. The highest BCUT2D eigenvalue weighted by molar-refractivity contribution is 5.92. The van der Waals surface area contributed by atoms with Crippen LogP contribution in [-0.4, -0.2) is 32.1 Å². The van der Waals surface area contributed by atoms with Gasteiger partial charge in [-0.1, -0.05) is 11.2 Å². The van der Waals surface area contributed by atoms with Crippen molar-refractivity contribution in [2.24, 2.45) is 7.05 Å². The first-order valence-corrected chi connectivity index (χ1v) is 8.13. The second kappa shape index (κ2) is 6.43. The summed E-state index contributed by atoms with van der Waals surface area (Å²) in [4.78, 5) is 18.7. The van der Waals surface area contributed by atoms with Crippen molar-refractivity contribution in [3.05, 3.63) is 65.4 Å².